The zero-order chi connectivity index (χ0) is 11.3. The summed E-state index contributed by atoms with van der Waals surface area (Å²) in [5.41, 5.74) is -0.300. The van der Waals surface area contributed by atoms with E-state index in [4.69, 9.17) is 9.84 Å². The van der Waals surface area contributed by atoms with Crippen molar-refractivity contribution in [3.63, 3.8) is 0 Å². The Morgan fingerprint density at radius 2 is 2.07 bits per heavy atom. The highest BCUT2D eigenvalue weighted by Crippen LogP contribution is 2.19. The van der Waals surface area contributed by atoms with Gasteiger partial charge in [-0.15, -0.1) is 0 Å². The molecule has 1 rings (SSSR count). The molecule has 0 spiro atoms. The molecule has 0 aromatic rings. The molecular weight excluding hydrogens is 198 g/mol. The molecule has 0 amide bonds. The molecule has 0 aliphatic carbocycles. The van der Waals surface area contributed by atoms with Gasteiger partial charge in [-0.05, 0) is 12.8 Å². The number of hydrogen-bond acceptors (Lipinski definition) is 4. The highest BCUT2D eigenvalue weighted by Gasteiger charge is 2.31. The lowest BCUT2D eigenvalue weighted by molar-refractivity contribution is -0.132. The van der Waals surface area contributed by atoms with Crippen LogP contribution < -0.4 is 5.32 Å². The van der Waals surface area contributed by atoms with Gasteiger partial charge >= 0.3 is 5.97 Å². The van der Waals surface area contributed by atoms with Gasteiger partial charge in [0.05, 0.1) is 6.61 Å². The second kappa shape index (κ2) is 5.25. The molecule has 0 aromatic heterocycles. The maximum Gasteiger partial charge on any atom is 0.332 e. The van der Waals surface area contributed by atoms with Crippen LogP contribution in [0.4, 0.5) is 0 Å². The van der Waals surface area contributed by atoms with E-state index in [2.05, 4.69) is 11.9 Å². The van der Waals surface area contributed by atoms with Crippen molar-refractivity contribution in [3.8, 4) is 0 Å². The van der Waals surface area contributed by atoms with Crippen molar-refractivity contribution < 1.29 is 19.7 Å². The topological polar surface area (TPSA) is 78.8 Å². The largest absolute Gasteiger partial charge is 0.478 e. The van der Waals surface area contributed by atoms with E-state index in [1.165, 1.54) is 0 Å². The molecule has 5 heteroatoms. The number of aliphatic hydroxyl groups excluding tert-OH is 1. The van der Waals surface area contributed by atoms with Gasteiger partial charge in [-0.2, -0.15) is 0 Å². The van der Waals surface area contributed by atoms with Gasteiger partial charge in [-0.3, -0.25) is 0 Å². The Balaban J connectivity index is 2.45. The van der Waals surface area contributed by atoms with Crippen molar-refractivity contribution in [1.82, 2.24) is 5.32 Å². The van der Waals surface area contributed by atoms with Crippen molar-refractivity contribution in [2.75, 3.05) is 26.4 Å². The van der Waals surface area contributed by atoms with Crippen LogP contribution in [0.3, 0.4) is 0 Å². The number of carboxylic acids is 1. The molecule has 3 N–H and O–H groups in total. The Hall–Kier alpha value is -0.910. The maximum absolute atomic E-state index is 10.5. The van der Waals surface area contributed by atoms with E-state index in [1.54, 1.807) is 0 Å². The number of carboxylic acid groups (broad SMARTS) is 1. The van der Waals surface area contributed by atoms with Crippen LogP contribution in [0.5, 0.6) is 0 Å². The van der Waals surface area contributed by atoms with Gasteiger partial charge in [0, 0.05) is 30.9 Å². The molecule has 0 bridgehead atoms. The zero-order valence-electron chi connectivity index (χ0n) is 8.66. The van der Waals surface area contributed by atoms with Crippen LogP contribution in [-0.4, -0.2) is 48.1 Å². The number of rotatable bonds is 5. The van der Waals surface area contributed by atoms with Crippen LogP contribution in [0.25, 0.3) is 0 Å². The first kappa shape index (κ1) is 12.2. The molecule has 1 aliphatic heterocycles. The maximum atomic E-state index is 10.5. The second-order valence-corrected chi connectivity index (χ2v) is 3.81. The quantitative estimate of drug-likeness (QED) is 0.551. The molecule has 15 heavy (non-hydrogen) atoms. The summed E-state index contributed by atoms with van der Waals surface area (Å²) >= 11 is 0. The molecule has 0 aromatic carbocycles. The number of aliphatic hydroxyl groups is 1. The fourth-order valence-electron chi connectivity index (χ4n) is 1.52. The Morgan fingerprint density at radius 1 is 1.47 bits per heavy atom. The summed E-state index contributed by atoms with van der Waals surface area (Å²) < 4.78 is 5.19. The third-order valence-electron chi connectivity index (χ3n) is 2.73. The van der Waals surface area contributed by atoms with Crippen molar-refractivity contribution in [2.45, 2.75) is 18.4 Å². The molecule has 1 aliphatic rings. The summed E-state index contributed by atoms with van der Waals surface area (Å²) in [4.78, 5) is 10.5. The first-order valence-electron chi connectivity index (χ1n) is 4.94. The molecule has 86 valence electrons. The van der Waals surface area contributed by atoms with Gasteiger partial charge in [-0.25, -0.2) is 4.79 Å². The fraction of sp³-hybridized carbons (Fsp3) is 0.700. The minimum atomic E-state index is -1.01. The minimum absolute atomic E-state index is 0.0107. The van der Waals surface area contributed by atoms with Crippen molar-refractivity contribution in [2.24, 2.45) is 0 Å². The summed E-state index contributed by atoms with van der Waals surface area (Å²) in [5, 5.41) is 21.0. The van der Waals surface area contributed by atoms with Gasteiger partial charge in [-0.1, -0.05) is 6.58 Å². The highest BCUT2D eigenvalue weighted by molar-refractivity contribution is 5.86. The average Bonchev–Trinajstić information content (AvgIpc) is 2.27. The van der Waals surface area contributed by atoms with Gasteiger partial charge < -0.3 is 20.3 Å². The lowest BCUT2D eigenvalue weighted by Gasteiger charge is -2.36. The molecule has 1 saturated heterocycles. The van der Waals surface area contributed by atoms with Gasteiger partial charge in [0.1, 0.15) is 0 Å². The lowest BCUT2D eigenvalue weighted by Crippen LogP contribution is -2.53. The van der Waals surface area contributed by atoms with E-state index in [9.17, 15) is 9.90 Å². The molecule has 0 atom stereocenters. The molecule has 5 nitrogen and oxygen atoms in total. The summed E-state index contributed by atoms with van der Waals surface area (Å²) in [6.45, 7) is 4.79. The van der Waals surface area contributed by atoms with E-state index >= 15 is 0 Å². The molecule has 1 heterocycles. The van der Waals surface area contributed by atoms with Crippen LogP contribution >= 0.6 is 0 Å². The Labute approximate surface area is 88.7 Å². The fourth-order valence-corrected chi connectivity index (χ4v) is 1.52. The van der Waals surface area contributed by atoms with E-state index in [-0.39, 0.29) is 18.7 Å². The van der Waals surface area contributed by atoms with Gasteiger partial charge in [0.15, 0.2) is 0 Å². The predicted octanol–water partition coefficient (Wildman–Crippen LogP) is -0.242. The van der Waals surface area contributed by atoms with Gasteiger partial charge in [0.2, 0.25) is 0 Å². The molecular formula is C10H17NO4. The van der Waals surface area contributed by atoms with E-state index < -0.39 is 11.5 Å². The summed E-state index contributed by atoms with van der Waals surface area (Å²) in [7, 11) is 0. The van der Waals surface area contributed by atoms with Crippen LogP contribution in [0.1, 0.15) is 12.8 Å². The van der Waals surface area contributed by atoms with E-state index in [0.717, 1.165) is 0 Å². The van der Waals surface area contributed by atoms with E-state index in [0.29, 0.717) is 26.1 Å². The van der Waals surface area contributed by atoms with Crippen molar-refractivity contribution in [1.29, 1.82) is 0 Å². The molecule has 0 radical (unpaired) electrons. The monoisotopic (exact) mass is 215 g/mol. The zero-order valence-corrected chi connectivity index (χ0v) is 8.66. The third kappa shape index (κ3) is 3.30. The summed E-state index contributed by atoms with van der Waals surface area (Å²) in [6, 6.07) is 0. The second-order valence-electron chi connectivity index (χ2n) is 3.81. The van der Waals surface area contributed by atoms with Crippen LogP contribution in [0.15, 0.2) is 12.2 Å². The predicted molar refractivity (Wildman–Crippen MR) is 54.6 cm³/mol. The Bertz CT molecular complexity index is 246. The minimum Gasteiger partial charge on any atom is -0.478 e. The number of hydrogen-bond donors (Lipinski definition) is 3. The smallest absolute Gasteiger partial charge is 0.332 e. The summed E-state index contributed by atoms with van der Waals surface area (Å²) in [5.74, 6) is -1.01. The van der Waals surface area contributed by atoms with Crippen LogP contribution in [0, 0.1) is 0 Å². The molecule has 0 saturated carbocycles. The van der Waals surface area contributed by atoms with Crippen molar-refractivity contribution >= 4 is 5.97 Å². The normalized spacial score (nSPS) is 19.8. The van der Waals surface area contributed by atoms with Crippen molar-refractivity contribution in [3.05, 3.63) is 12.2 Å². The third-order valence-corrected chi connectivity index (χ3v) is 2.73. The molecule has 0 unspecified atom stereocenters. The number of ether oxygens (including phenoxy) is 1. The summed E-state index contributed by atoms with van der Waals surface area (Å²) in [6.07, 6.45) is 1.38. The lowest BCUT2D eigenvalue weighted by atomic mass is 9.91. The SMILES string of the molecule is C=C(CNC1(CO)CCOCC1)C(=O)O. The van der Waals surface area contributed by atoms with E-state index in [1.807, 2.05) is 0 Å². The standard InChI is InChI=1S/C10H17NO4/c1-8(9(13)14)6-11-10(7-12)2-4-15-5-3-10/h11-12H,1-7H2,(H,13,14). The Kier molecular flexibility index (Phi) is 4.26. The van der Waals surface area contributed by atoms with Gasteiger partial charge in [0.25, 0.3) is 0 Å². The first-order chi connectivity index (χ1) is 7.09. The molecule has 1 fully saturated rings. The van der Waals surface area contributed by atoms with Crippen LogP contribution in [-0.2, 0) is 9.53 Å². The number of carbonyl (C=O) groups is 1. The highest BCUT2D eigenvalue weighted by atomic mass is 16.5. The number of aliphatic carboxylic acids is 1. The first-order valence-corrected chi connectivity index (χ1v) is 4.94. The van der Waals surface area contributed by atoms with Crippen LogP contribution in [0.2, 0.25) is 0 Å². The Morgan fingerprint density at radius 3 is 2.53 bits per heavy atom. The average molecular weight is 215 g/mol. The number of nitrogens with one attached hydrogen (secondary N) is 1.